The molecular weight excluding hydrogens is 445 g/mol. The van der Waals surface area contributed by atoms with Crippen LogP contribution in [0.2, 0.25) is 0 Å². The summed E-state index contributed by atoms with van der Waals surface area (Å²) in [5.74, 6) is 0.156. The van der Waals surface area contributed by atoms with Crippen LogP contribution in [0.4, 0.5) is 4.39 Å². The van der Waals surface area contributed by atoms with Crippen LogP contribution in [0.15, 0.2) is 53.7 Å². The molecule has 0 aliphatic heterocycles. The SMILES string of the molecule is COC(=O)Cc1nn(-c2ccc(F)cc2)c2c1nnc1nc(SCc3cccc(C)c3)nn12. The van der Waals surface area contributed by atoms with Crippen LogP contribution in [0.25, 0.3) is 22.6 Å². The number of halogens is 1. The van der Waals surface area contributed by atoms with Crippen molar-refractivity contribution in [2.24, 2.45) is 0 Å². The molecule has 2 aromatic carbocycles. The maximum atomic E-state index is 13.5. The first kappa shape index (κ1) is 21.0. The Morgan fingerprint density at radius 1 is 1.12 bits per heavy atom. The second-order valence-electron chi connectivity index (χ2n) is 7.34. The largest absolute Gasteiger partial charge is 0.469 e. The van der Waals surface area contributed by atoms with Crippen LogP contribution in [0.5, 0.6) is 0 Å². The summed E-state index contributed by atoms with van der Waals surface area (Å²) in [6, 6.07) is 14.1. The van der Waals surface area contributed by atoms with Crippen LogP contribution in [0.3, 0.4) is 0 Å². The van der Waals surface area contributed by atoms with Gasteiger partial charge in [0.2, 0.25) is 5.16 Å². The molecule has 0 N–H and O–H groups in total. The van der Waals surface area contributed by atoms with Crippen molar-refractivity contribution < 1.29 is 13.9 Å². The molecular formula is C22H18FN7O2S. The molecule has 3 aromatic heterocycles. The fourth-order valence-corrected chi connectivity index (χ4v) is 4.19. The number of aromatic nitrogens is 7. The molecule has 0 aliphatic carbocycles. The molecule has 9 nitrogen and oxygen atoms in total. The van der Waals surface area contributed by atoms with E-state index in [0.29, 0.717) is 39.2 Å². The average Bonchev–Trinajstić information content (AvgIpc) is 3.39. The summed E-state index contributed by atoms with van der Waals surface area (Å²) in [5.41, 5.74) is 4.16. The third kappa shape index (κ3) is 4.14. The number of carbonyl (C=O) groups excluding carboxylic acids is 1. The number of ether oxygens (including phenoxy) is 1. The van der Waals surface area contributed by atoms with E-state index in [1.165, 1.54) is 41.1 Å². The molecule has 3 heterocycles. The Morgan fingerprint density at radius 2 is 1.94 bits per heavy atom. The Labute approximate surface area is 191 Å². The van der Waals surface area contributed by atoms with Crippen LogP contribution < -0.4 is 0 Å². The van der Waals surface area contributed by atoms with Crippen molar-refractivity contribution in [2.75, 3.05) is 7.11 Å². The van der Waals surface area contributed by atoms with Gasteiger partial charge in [-0.3, -0.25) is 4.79 Å². The topological polar surface area (TPSA) is 100 Å². The molecule has 0 bridgehead atoms. The fourth-order valence-electron chi connectivity index (χ4n) is 3.43. The van der Waals surface area contributed by atoms with Gasteiger partial charge in [0.05, 0.1) is 19.2 Å². The van der Waals surface area contributed by atoms with E-state index in [2.05, 4.69) is 37.5 Å². The van der Waals surface area contributed by atoms with Gasteiger partial charge in [-0.1, -0.05) is 41.6 Å². The summed E-state index contributed by atoms with van der Waals surface area (Å²) in [6.07, 6.45) is -0.0922. The summed E-state index contributed by atoms with van der Waals surface area (Å²) in [5, 5.41) is 18.1. The lowest BCUT2D eigenvalue weighted by Gasteiger charge is -2.03. The quantitative estimate of drug-likeness (QED) is 0.279. The van der Waals surface area contributed by atoms with E-state index >= 15 is 0 Å². The van der Waals surface area contributed by atoms with Crippen molar-refractivity contribution in [1.82, 2.24) is 34.6 Å². The molecule has 5 aromatic rings. The third-order valence-electron chi connectivity index (χ3n) is 4.98. The minimum Gasteiger partial charge on any atom is -0.469 e. The monoisotopic (exact) mass is 463 g/mol. The van der Waals surface area contributed by atoms with Gasteiger partial charge in [-0.05, 0) is 36.8 Å². The van der Waals surface area contributed by atoms with E-state index in [1.807, 2.05) is 19.1 Å². The summed E-state index contributed by atoms with van der Waals surface area (Å²) in [6.45, 7) is 2.05. The third-order valence-corrected chi connectivity index (χ3v) is 5.89. The summed E-state index contributed by atoms with van der Waals surface area (Å²) in [7, 11) is 1.31. The number of hydrogen-bond donors (Lipinski definition) is 0. The number of fused-ring (bicyclic) bond motifs is 3. The molecule has 0 fully saturated rings. The molecule has 0 amide bonds. The number of benzene rings is 2. The van der Waals surface area contributed by atoms with Gasteiger partial charge < -0.3 is 4.74 Å². The highest BCUT2D eigenvalue weighted by Crippen LogP contribution is 2.24. The zero-order valence-electron chi connectivity index (χ0n) is 17.8. The fraction of sp³-hybridized carbons (Fsp3) is 0.182. The van der Waals surface area contributed by atoms with Crippen molar-refractivity contribution in [1.29, 1.82) is 0 Å². The van der Waals surface area contributed by atoms with Gasteiger partial charge in [-0.15, -0.1) is 15.3 Å². The van der Waals surface area contributed by atoms with E-state index in [0.717, 1.165) is 5.56 Å². The van der Waals surface area contributed by atoms with Crippen LogP contribution >= 0.6 is 11.8 Å². The van der Waals surface area contributed by atoms with Gasteiger partial charge in [-0.25, -0.2) is 9.07 Å². The first-order valence-corrected chi connectivity index (χ1v) is 11.0. The molecule has 0 radical (unpaired) electrons. The Bertz CT molecular complexity index is 1480. The van der Waals surface area contributed by atoms with Gasteiger partial charge >= 0.3 is 5.97 Å². The van der Waals surface area contributed by atoms with Gasteiger partial charge in [0.25, 0.3) is 5.78 Å². The number of aryl methyl sites for hydroxylation is 1. The van der Waals surface area contributed by atoms with Crippen LogP contribution in [-0.4, -0.2) is 47.7 Å². The van der Waals surface area contributed by atoms with E-state index in [1.54, 1.807) is 16.8 Å². The molecule has 0 saturated carbocycles. The minimum atomic E-state index is -0.462. The molecule has 5 rings (SSSR count). The molecule has 166 valence electrons. The van der Waals surface area contributed by atoms with Crippen molar-refractivity contribution in [3.05, 3.63) is 71.2 Å². The first-order valence-electron chi connectivity index (χ1n) is 10.0. The van der Waals surface area contributed by atoms with E-state index < -0.39 is 5.97 Å². The highest BCUT2D eigenvalue weighted by atomic mass is 32.2. The lowest BCUT2D eigenvalue weighted by atomic mass is 10.2. The summed E-state index contributed by atoms with van der Waals surface area (Å²) >= 11 is 1.48. The molecule has 33 heavy (non-hydrogen) atoms. The highest BCUT2D eigenvalue weighted by molar-refractivity contribution is 7.98. The van der Waals surface area contributed by atoms with Gasteiger partial charge in [-0.2, -0.15) is 14.6 Å². The number of hydrogen-bond acceptors (Lipinski definition) is 8. The van der Waals surface area contributed by atoms with Gasteiger partial charge in [0.15, 0.2) is 11.2 Å². The minimum absolute atomic E-state index is 0.0922. The number of rotatable bonds is 6. The molecule has 0 atom stereocenters. The number of methoxy groups -OCH3 is 1. The van der Waals surface area contributed by atoms with Crippen LogP contribution in [-0.2, 0) is 21.7 Å². The summed E-state index contributed by atoms with van der Waals surface area (Å²) < 4.78 is 21.4. The summed E-state index contributed by atoms with van der Waals surface area (Å²) in [4.78, 5) is 16.4. The Morgan fingerprint density at radius 3 is 2.70 bits per heavy atom. The zero-order chi connectivity index (χ0) is 22.9. The van der Waals surface area contributed by atoms with Gasteiger partial charge in [0.1, 0.15) is 11.5 Å². The van der Waals surface area contributed by atoms with E-state index in [4.69, 9.17) is 4.74 Å². The highest BCUT2D eigenvalue weighted by Gasteiger charge is 2.22. The maximum Gasteiger partial charge on any atom is 0.311 e. The molecule has 11 heteroatoms. The predicted molar refractivity (Wildman–Crippen MR) is 120 cm³/mol. The number of thioether (sulfide) groups is 1. The lowest BCUT2D eigenvalue weighted by molar-refractivity contribution is -0.139. The van der Waals surface area contributed by atoms with Gasteiger partial charge in [0, 0.05) is 5.75 Å². The van der Waals surface area contributed by atoms with Crippen molar-refractivity contribution >= 4 is 34.7 Å². The molecule has 0 saturated heterocycles. The second kappa shape index (κ2) is 8.58. The van der Waals surface area contributed by atoms with Crippen molar-refractivity contribution in [3.63, 3.8) is 0 Å². The standard InChI is InChI=1S/C22H18FN7O2S/c1-13-4-3-5-14(10-13)12-33-22-24-21-26-25-19-17(11-18(31)32-2)27-29(20(19)30(21)28-22)16-8-6-15(23)7-9-16/h3-10H,11-12H2,1-2H3. The number of carbonyl (C=O) groups is 1. The van der Waals surface area contributed by atoms with E-state index in [-0.39, 0.29) is 12.2 Å². The Hall–Kier alpha value is -3.86. The second-order valence-corrected chi connectivity index (χ2v) is 8.29. The maximum absolute atomic E-state index is 13.5. The van der Waals surface area contributed by atoms with Crippen LogP contribution in [0.1, 0.15) is 16.8 Å². The van der Waals surface area contributed by atoms with Crippen molar-refractivity contribution in [3.8, 4) is 5.69 Å². The molecule has 0 aliphatic rings. The van der Waals surface area contributed by atoms with Crippen LogP contribution in [0, 0.1) is 12.7 Å². The zero-order valence-corrected chi connectivity index (χ0v) is 18.6. The normalized spacial score (nSPS) is 11.4. The first-order chi connectivity index (χ1) is 16.0. The molecule has 0 spiro atoms. The van der Waals surface area contributed by atoms with Crippen molar-refractivity contribution in [2.45, 2.75) is 24.3 Å². The Kier molecular flexibility index (Phi) is 5.47. The molecule has 0 unspecified atom stereocenters. The van der Waals surface area contributed by atoms with E-state index in [9.17, 15) is 9.18 Å². The number of esters is 1. The predicted octanol–water partition coefficient (Wildman–Crippen LogP) is 3.31. The smallest absolute Gasteiger partial charge is 0.311 e. The lowest BCUT2D eigenvalue weighted by Crippen LogP contribution is -2.06. The average molecular weight is 463 g/mol. The number of nitrogens with zero attached hydrogens (tertiary/aromatic N) is 7. The Balaban J connectivity index is 1.60.